The van der Waals surface area contributed by atoms with Crippen LogP contribution < -0.4 is 5.32 Å². The molecule has 0 aliphatic heterocycles. The minimum Gasteiger partial charge on any atom is -0.462 e. The quantitative estimate of drug-likeness (QED) is 0.618. The molecule has 0 aliphatic rings. The van der Waals surface area contributed by atoms with E-state index in [4.69, 9.17) is 21.1 Å². The molecule has 1 rings (SSSR count). The van der Waals surface area contributed by atoms with E-state index in [-0.39, 0.29) is 12.6 Å². The van der Waals surface area contributed by atoms with Gasteiger partial charge in [-0.25, -0.2) is 4.79 Å². The molecule has 0 amide bonds. The highest BCUT2D eigenvalue weighted by Crippen LogP contribution is 2.25. The fraction of sp³-hybridized carbons (Fsp3) is 0.500. The van der Waals surface area contributed by atoms with Crippen LogP contribution in [0.3, 0.4) is 0 Å². The molecule has 0 spiro atoms. The van der Waals surface area contributed by atoms with Crippen LogP contribution in [0.5, 0.6) is 0 Å². The summed E-state index contributed by atoms with van der Waals surface area (Å²) in [7, 11) is 0. The van der Waals surface area contributed by atoms with Crippen molar-refractivity contribution < 1.29 is 14.3 Å². The minimum atomic E-state index is -0.458. The third-order valence-corrected chi connectivity index (χ3v) is 2.93. The smallest absolute Gasteiger partial charge is 0.328 e. The number of carbonyl (C=O) groups is 1. The summed E-state index contributed by atoms with van der Waals surface area (Å²) in [5, 5.41) is 3.66. The molecule has 0 bridgehead atoms. The summed E-state index contributed by atoms with van der Waals surface area (Å²) in [5.41, 5.74) is 1.75. The Morgan fingerprint density at radius 3 is 2.79 bits per heavy atom. The highest BCUT2D eigenvalue weighted by atomic mass is 35.5. The molecular weight excluding hydrogens is 266 g/mol. The fourth-order valence-corrected chi connectivity index (χ4v) is 1.84. The topological polar surface area (TPSA) is 47.6 Å². The van der Waals surface area contributed by atoms with Gasteiger partial charge in [-0.2, -0.15) is 0 Å². The van der Waals surface area contributed by atoms with Crippen molar-refractivity contribution in [3.63, 3.8) is 0 Å². The Morgan fingerprint density at radius 1 is 1.42 bits per heavy atom. The third-order valence-electron chi connectivity index (χ3n) is 2.61. The van der Waals surface area contributed by atoms with Gasteiger partial charge in [-0.3, -0.25) is 0 Å². The molecule has 1 aromatic rings. The number of halogens is 1. The van der Waals surface area contributed by atoms with Gasteiger partial charge in [-0.05, 0) is 32.4 Å². The van der Waals surface area contributed by atoms with Crippen molar-refractivity contribution in [2.75, 3.05) is 25.1 Å². The molecule has 0 heterocycles. The van der Waals surface area contributed by atoms with Gasteiger partial charge in [0, 0.05) is 6.61 Å². The second-order valence-electron chi connectivity index (χ2n) is 4.16. The molecule has 0 radical (unpaired) electrons. The van der Waals surface area contributed by atoms with E-state index < -0.39 is 6.04 Å². The SMILES string of the molecule is CCOCCOC(=O)[C@H](C)Nc1c(C)cccc1Cl. The molecule has 0 saturated carbocycles. The van der Waals surface area contributed by atoms with Crippen molar-refractivity contribution >= 4 is 23.3 Å². The summed E-state index contributed by atoms with van der Waals surface area (Å²) in [6.45, 7) is 6.86. The molecule has 1 N–H and O–H groups in total. The van der Waals surface area contributed by atoms with Crippen LogP contribution >= 0.6 is 11.6 Å². The Hall–Kier alpha value is -1.26. The normalized spacial score (nSPS) is 12.0. The number of ether oxygens (including phenoxy) is 2. The zero-order chi connectivity index (χ0) is 14.3. The maximum absolute atomic E-state index is 11.7. The second-order valence-corrected chi connectivity index (χ2v) is 4.57. The highest BCUT2D eigenvalue weighted by molar-refractivity contribution is 6.33. The summed E-state index contributed by atoms with van der Waals surface area (Å²) in [4.78, 5) is 11.7. The lowest BCUT2D eigenvalue weighted by atomic mass is 10.2. The minimum absolute atomic E-state index is 0.264. The van der Waals surface area contributed by atoms with E-state index in [1.165, 1.54) is 0 Å². The highest BCUT2D eigenvalue weighted by Gasteiger charge is 2.16. The van der Waals surface area contributed by atoms with Crippen LogP contribution in [0.15, 0.2) is 18.2 Å². The first-order chi connectivity index (χ1) is 9.06. The van der Waals surface area contributed by atoms with Crippen molar-refractivity contribution in [3.8, 4) is 0 Å². The van der Waals surface area contributed by atoms with Gasteiger partial charge in [0.1, 0.15) is 12.6 Å². The van der Waals surface area contributed by atoms with Crippen LogP contribution in [0, 0.1) is 6.92 Å². The lowest BCUT2D eigenvalue weighted by Crippen LogP contribution is -2.29. The average Bonchev–Trinajstić information content (AvgIpc) is 2.38. The molecule has 0 fully saturated rings. The van der Waals surface area contributed by atoms with E-state index in [0.29, 0.717) is 18.2 Å². The van der Waals surface area contributed by atoms with Crippen LogP contribution in [-0.2, 0) is 14.3 Å². The lowest BCUT2D eigenvalue weighted by Gasteiger charge is -2.17. The monoisotopic (exact) mass is 285 g/mol. The maximum atomic E-state index is 11.7. The van der Waals surface area contributed by atoms with Gasteiger partial charge in [-0.15, -0.1) is 0 Å². The van der Waals surface area contributed by atoms with Crippen molar-refractivity contribution in [2.24, 2.45) is 0 Å². The van der Waals surface area contributed by atoms with E-state index in [1.807, 2.05) is 26.0 Å². The zero-order valence-corrected chi connectivity index (χ0v) is 12.3. The molecule has 5 heteroatoms. The summed E-state index contributed by atoms with van der Waals surface area (Å²) in [6, 6.07) is 5.12. The van der Waals surface area contributed by atoms with Crippen LogP contribution in [0.25, 0.3) is 0 Å². The van der Waals surface area contributed by atoms with E-state index in [9.17, 15) is 4.79 Å². The molecule has 0 unspecified atom stereocenters. The summed E-state index contributed by atoms with van der Waals surface area (Å²) in [5.74, 6) is -0.320. The Labute approximate surface area is 119 Å². The number of rotatable bonds is 7. The Bertz CT molecular complexity index is 403. The average molecular weight is 286 g/mol. The van der Waals surface area contributed by atoms with Gasteiger partial charge in [0.15, 0.2) is 0 Å². The summed E-state index contributed by atoms with van der Waals surface area (Å²) >= 11 is 6.09. The predicted molar refractivity (Wildman–Crippen MR) is 76.7 cm³/mol. The number of esters is 1. The number of para-hydroxylation sites is 1. The van der Waals surface area contributed by atoms with E-state index in [1.54, 1.807) is 13.0 Å². The first-order valence-electron chi connectivity index (χ1n) is 6.32. The lowest BCUT2D eigenvalue weighted by molar-refractivity contribution is -0.145. The van der Waals surface area contributed by atoms with Crippen LogP contribution in [-0.4, -0.2) is 31.8 Å². The fourth-order valence-electron chi connectivity index (χ4n) is 1.56. The Balaban J connectivity index is 2.50. The Kier molecular flexibility index (Phi) is 6.67. The van der Waals surface area contributed by atoms with E-state index >= 15 is 0 Å². The number of benzene rings is 1. The van der Waals surface area contributed by atoms with Crippen molar-refractivity contribution in [3.05, 3.63) is 28.8 Å². The molecular formula is C14H20ClNO3. The number of hydrogen-bond donors (Lipinski definition) is 1. The molecule has 4 nitrogen and oxygen atoms in total. The van der Waals surface area contributed by atoms with Gasteiger partial charge < -0.3 is 14.8 Å². The number of hydrogen-bond acceptors (Lipinski definition) is 4. The van der Waals surface area contributed by atoms with Crippen molar-refractivity contribution in [1.82, 2.24) is 0 Å². The molecule has 1 aromatic carbocycles. The molecule has 0 aromatic heterocycles. The summed E-state index contributed by atoms with van der Waals surface area (Å²) < 4.78 is 10.2. The van der Waals surface area contributed by atoms with Gasteiger partial charge in [0.05, 0.1) is 17.3 Å². The maximum Gasteiger partial charge on any atom is 0.328 e. The zero-order valence-electron chi connectivity index (χ0n) is 11.5. The molecule has 0 saturated heterocycles. The van der Waals surface area contributed by atoms with Crippen LogP contribution in [0.4, 0.5) is 5.69 Å². The van der Waals surface area contributed by atoms with Crippen LogP contribution in [0.2, 0.25) is 5.02 Å². The van der Waals surface area contributed by atoms with Gasteiger partial charge in [0.2, 0.25) is 0 Å². The molecule has 1 atom stereocenters. The standard InChI is InChI=1S/C14H20ClNO3/c1-4-18-8-9-19-14(17)11(3)16-13-10(2)6-5-7-12(13)15/h5-7,11,16H,4,8-9H2,1-3H3/t11-/m0/s1. The number of anilines is 1. The molecule has 19 heavy (non-hydrogen) atoms. The summed E-state index contributed by atoms with van der Waals surface area (Å²) in [6.07, 6.45) is 0. The Morgan fingerprint density at radius 2 is 2.16 bits per heavy atom. The number of nitrogens with one attached hydrogen (secondary N) is 1. The van der Waals surface area contributed by atoms with Crippen LogP contribution in [0.1, 0.15) is 19.4 Å². The van der Waals surface area contributed by atoms with E-state index in [0.717, 1.165) is 11.3 Å². The first-order valence-corrected chi connectivity index (χ1v) is 6.70. The van der Waals surface area contributed by atoms with Gasteiger partial charge in [0.25, 0.3) is 0 Å². The van der Waals surface area contributed by atoms with Gasteiger partial charge >= 0.3 is 5.97 Å². The number of carbonyl (C=O) groups excluding carboxylic acids is 1. The molecule has 0 aliphatic carbocycles. The van der Waals surface area contributed by atoms with Crippen molar-refractivity contribution in [2.45, 2.75) is 26.8 Å². The third kappa shape index (κ3) is 5.09. The van der Waals surface area contributed by atoms with Crippen molar-refractivity contribution in [1.29, 1.82) is 0 Å². The first kappa shape index (κ1) is 15.8. The predicted octanol–water partition coefficient (Wildman–Crippen LogP) is 3.03. The largest absolute Gasteiger partial charge is 0.462 e. The molecule has 106 valence electrons. The number of aryl methyl sites for hydroxylation is 1. The van der Waals surface area contributed by atoms with Gasteiger partial charge in [-0.1, -0.05) is 23.7 Å². The second kappa shape index (κ2) is 8.02. The van der Waals surface area contributed by atoms with E-state index in [2.05, 4.69) is 5.32 Å².